The molecule has 0 fully saturated rings. The molecule has 2 heterocycles. The second-order valence-corrected chi connectivity index (χ2v) is 4.35. The molecule has 3 rings (SSSR count). The van der Waals surface area contributed by atoms with Gasteiger partial charge in [-0.05, 0) is 23.8 Å². The molecule has 0 aliphatic carbocycles. The smallest absolute Gasteiger partial charge is 0.0949 e. The molecule has 0 aliphatic heterocycles. The van der Waals surface area contributed by atoms with Crippen molar-refractivity contribution in [2.45, 2.75) is 6.54 Å². The third-order valence-electron chi connectivity index (χ3n) is 2.64. The van der Waals surface area contributed by atoms with Gasteiger partial charge in [-0.3, -0.25) is 4.98 Å². The van der Waals surface area contributed by atoms with Crippen LogP contribution in [0.15, 0.2) is 49.2 Å². The van der Waals surface area contributed by atoms with Crippen LogP contribution in [0.25, 0.3) is 10.9 Å². The second-order valence-electron chi connectivity index (χ2n) is 3.92. The first-order valence-corrected chi connectivity index (χ1v) is 5.69. The Morgan fingerprint density at radius 2 is 2.18 bits per heavy atom. The summed E-state index contributed by atoms with van der Waals surface area (Å²) in [5.74, 6) is 0. The lowest BCUT2D eigenvalue weighted by atomic mass is 10.1. The van der Waals surface area contributed by atoms with Crippen LogP contribution in [0.4, 0.5) is 0 Å². The Balaban J connectivity index is 2.01. The van der Waals surface area contributed by atoms with Crippen LogP contribution in [0, 0.1) is 0 Å². The van der Waals surface area contributed by atoms with Gasteiger partial charge in [-0.2, -0.15) is 0 Å². The van der Waals surface area contributed by atoms with E-state index >= 15 is 0 Å². The average Bonchev–Trinajstić information content (AvgIpc) is 2.81. The summed E-state index contributed by atoms with van der Waals surface area (Å²) in [7, 11) is 0. The number of rotatable bonds is 2. The molecule has 3 aromatic rings. The number of imidazole rings is 1. The van der Waals surface area contributed by atoms with Gasteiger partial charge in [0.05, 0.1) is 16.9 Å². The van der Waals surface area contributed by atoms with Gasteiger partial charge in [0.1, 0.15) is 0 Å². The molecule has 17 heavy (non-hydrogen) atoms. The molecule has 0 N–H and O–H groups in total. The van der Waals surface area contributed by atoms with Crippen LogP contribution >= 0.6 is 11.6 Å². The number of pyridine rings is 1. The summed E-state index contributed by atoms with van der Waals surface area (Å²) >= 11 is 5.94. The highest BCUT2D eigenvalue weighted by Crippen LogP contribution is 2.18. The standard InChI is InChI=1S/C13H10ClN3/c14-12-6-11-5-10(1-2-13(11)16-7-12)8-17-4-3-15-9-17/h1-7,9H,8H2. The molecule has 0 spiro atoms. The van der Waals surface area contributed by atoms with Crippen LogP contribution in [0.5, 0.6) is 0 Å². The number of benzene rings is 1. The van der Waals surface area contributed by atoms with E-state index in [0.717, 1.165) is 17.4 Å². The zero-order valence-electron chi connectivity index (χ0n) is 9.05. The third-order valence-corrected chi connectivity index (χ3v) is 2.84. The van der Waals surface area contributed by atoms with E-state index in [1.54, 1.807) is 18.7 Å². The lowest BCUT2D eigenvalue weighted by Gasteiger charge is -2.04. The van der Waals surface area contributed by atoms with E-state index in [0.29, 0.717) is 5.02 Å². The summed E-state index contributed by atoms with van der Waals surface area (Å²) in [6.45, 7) is 0.808. The normalized spacial score (nSPS) is 10.9. The SMILES string of the molecule is Clc1cnc2ccc(Cn3ccnc3)cc2c1. The maximum atomic E-state index is 5.94. The van der Waals surface area contributed by atoms with Crippen molar-refractivity contribution in [1.29, 1.82) is 0 Å². The minimum absolute atomic E-state index is 0.664. The molecular weight excluding hydrogens is 234 g/mol. The average molecular weight is 244 g/mol. The first-order valence-electron chi connectivity index (χ1n) is 5.31. The van der Waals surface area contributed by atoms with E-state index in [1.807, 2.05) is 22.9 Å². The van der Waals surface area contributed by atoms with Gasteiger partial charge >= 0.3 is 0 Å². The monoisotopic (exact) mass is 243 g/mol. The van der Waals surface area contributed by atoms with Crippen LogP contribution in [-0.4, -0.2) is 14.5 Å². The molecule has 84 valence electrons. The van der Waals surface area contributed by atoms with E-state index in [-0.39, 0.29) is 0 Å². The fourth-order valence-electron chi connectivity index (χ4n) is 1.84. The van der Waals surface area contributed by atoms with Crippen molar-refractivity contribution in [3.8, 4) is 0 Å². The second kappa shape index (κ2) is 4.18. The summed E-state index contributed by atoms with van der Waals surface area (Å²) in [5, 5.41) is 1.73. The van der Waals surface area contributed by atoms with Gasteiger partial charge in [0.15, 0.2) is 0 Å². The van der Waals surface area contributed by atoms with E-state index < -0.39 is 0 Å². The molecule has 0 atom stereocenters. The molecule has 0 radical (unpaired) electrons. The lowest BCUT2D eigenvalue weighted by Crippen LogP contribution is -1.96. The highest BCUT2D eigenvalue weighted by Gasteiger charge is 1.99. The van der Waals surface area contributed by atoms with Gasteiger partial charge in [-0.1, -0.05) is 17.7 Å². The summed E-state index contributed by atoms with van der Waals surface area (Å²) in [6.07, 6.45) is 7.19. The molecule has 3 nitrogen and oxygen atoms in total. The molecule has 0 bridgehead atoms. The summed E-state index contributed by atoms with van der Waals surface area (Å²) < 4.78 is 2.03. The molecule has 0 saturated carbocycles. The third kappa shape index (κ3) is 2.15. The largest absolute Gasteiger partial charge is 0.333 e. The van der Waals surface area contributed by atoms with Gasteiger partial charge in [-0.15, -0.1) is 0 Å². The van der Waals surface area contributed by atoms with E-state index in [2.05, 4.69) is 22.1 Å². The van der Waals surface area contributed by atoms with Crippen molar-refractivity contribution in [1.82, 2.24) is 14.5 Å². The van der Waals surface area contributed by atoms with Gasteiger partial charge in [0.25, 0.3) is 0 Å². The van der Waals surface area contributed by atoms with Crippen LogP contribution in [0.1, 0.15) is 5.56 Å². The Morgan fingerprint density at radius 3 is 3.00 bits per heavy atom. The van der Waals surface area contributed by atoms with Crippen molar-refractivity contribution >= 4 is 22.5 Å². The molecule has 4 heteroatoms. The zero-order chi connectivity index (χ0) is 11.7. The molecular formula is C13H10ClN3. The Kier molecular flexibility index (Phi) is 2.53. The maximum absolute atomic E-state index is 5.94. The number of hydrogen-bond acceptors (Lipinski definition) is 2. The number of halogens is 1. The van der Waals surface area contributed by atoms with Gasteiger partial charge in [0, 0.05) is 30.5 Å². The minimum Gasteiger partial charge on any atom is -0.333 e. The van der Waals surface area contributed by atoms with E-state index in [4.69, 9.17) is 11.6 Å². The quantitative estimate of drug-likeness (QED) is 0.692. The molecule has 0 saturated heterocycles. The van der Waals surface area contributed by atoms with Crippen molar-refractivity contribution in [3.05, 3.63) is 59.8 Å². The topological polar surface area (TPSA) is 30.7 Å². The van der Waals surface area contributed by atoms with Crippen LogP contribution < -0.4 is 0 Å². The van der Waals surface area contributed by atoms with Gasteiger partial charge in [0.2, 0.25) is 0 Å². The first kappa shape index (κ1) is 10.3. The Labute approximate surface area is 104 Å². The zero-order valence-corrected chi connectivity index (χ0v) is 9.80. The Morgan fingerprint density at radius 1 is 1.24 bits per heavy atom. The van der Waals surface area contributed by atoms with Gasteiger partial charge < -0.3 is 4.57 Å². The predicted molar refractivity (Wildman–Crippen MR) is 68.1 cm³/mol. The van der Waals surface area contributed by atoms with Crippen molar-refractivity contribution in [2.75, 3.05) is 0 Å². The molecule has 1 aromatic carbocycles. The number of aromatic nitrogens is 3. The summed E-state index contributed by atoms with van der Waals surface area (Å²) in [6, 6.07) is 8.12. The fourth-order valence-corrected chi connectivity index (χ4v) is 2.01. The van der Waals surface area contributed by atoms with Crippen LogP contribution in [0.3, 0.4) is 0 Å². The highest BCUT2D eigenvalue weighted by atomic mass is 35.5. The summed E-state index contributed by atoms with van der Waals surface area (Å²) in [4.78, 5) is 8.29. The van der Waals surface area contributed by atoms with Crippen molar-refractivity contribution in [2.24, 2.45) is 0 Å². The Bertz CT molecular complexity index is 647. The molecule has 0 aliphatic rings. The van der Waals surface area contributed by atoms with Gasteiger partial charge in [-0.25, -0.2) is 4.98 Å². The fraction of sp³-hybridized carbons (Fsp3) is 0.0769. The van der Waals surface area contributed by atoms with E-state index in [1.165, 1.54) is 5.56 Å². The predicted octanol–water partition coefficient (Wildman–Crippen LogP) is 3.13. The van der Waals surface area contributed by atoms with Crippen LogP contribution in [0.2, 0.25) is 5.02 Å². The molecule has 2 aromatic heterocycles. The summed E-state index contributed by atoms with van der Waals surface area (Å²) in [5.41, 5.74) is 2.17. The van der Waals surface area contributed by atoms with Crippen molar-refractivity contribution < 1.29 is 0 Å². The lowest BCUT2D eigenvalue weighted by molar-refractivity contribution is 0.798. The highest BCUT2D eigenvalue weighted by molar-refractivity contribution is 6.31. The van der Waals surface area contributed by atoms with Crippen LogP contribution in [-0.2, 0) is 6.54 Å². The Hall–Kier alpha value is -1.87. The number of nitrogens with zero attached hydrogens (tertiary/aromatic N) is 3. The molecule has 0 amide bonds. The molecule has 0 unspecified atom stereocenters. The number of fused-ring (bicyclic) bond motifs is 1. The maximum Gasteiger partial charge on any atom is 0.0949 e. The minimum atomic E-state index is 0.664. The van der Waals surface area contributed by atoms with Crippen molar-refractivity contribution in [3.63, 3.8) is 0 Å². The van der Waals surface area contributed by atoms with E-state index in [9.17, 15) is 0 Å². The first-order chi connectivity index (χ1) is 8.31. The number of hydrogen-bond donors (Lipinski definition) is 0.